The van der Waals surface area contributed by atoms with Crippen LogP contribution in [0.15, 0.2) is 29.6 Å². The predicted octanol–water partition coefficient (Wildman–Crippen LogP) is 2.66. The summed E-state index contributed by atoms with van der Waals surface area (Å²) < 4.78 is 25.3. The average Bonchev–Trinajstić information content (AvgIpc) is 3.10. The second-order valence-electron chi connectivity index (χ2n) is 6.67. The van der Waals surface area contributed by atoms with Crippen molar-refractivity contribution in [3.8, 4) is 10.6 Å². The molecule has 140 valence electrons. The molecule has 6 nitrogen and oxygen atoms in total. The molecule has 2 aromatic rings. The molecule has 1 aromatic heterocycles. The van der Waals surface area contributed by atoms with Gasteiger partial charge in [0.15, 0.2) is 0 Å². The number of carbonyl (C=O) groups excluding carboxylic acids is 1. The Morgan fingerprint density at radius 3 is 2.73 bits per heavy atom. The third-order valence-corrected chi connectivity index (χ3v) is 6.07. The number of hydrogen-bond donors (Lipinski definition) is 1. The van der Waals surface area contributed by atoms with Crippen LogP contribution in [-0.2, 0) is 10.0 Å². The number of sulfonamides is 1. The van der Waals surface area contributed by atoms with Crippen LogP contribution in [0.25, 0.3) is 10.6 Å². The second kappa shape index (κ2) is 7.85. The van der Waals surface area contributed by atoms with Crippen molar-refractivity contribution in [2.75, 3.05) is 19.3 Å². The van der Waals surface area contributed by atoms with Gasteiger partial charge >= 0.3 is 0 Å². The zero-order valence-electron chi connectivity index (χ0n) is 14.9. The minimum absolute atomic E-state index is 0.125. The van der Waals surface area contributed by atoms with E-state index in [0.717, 1.165) is 36.1 Å². The number of aromatic nitrogens is 1. The molecule has 0 spiro atoms. The molecule has 0 aliphatic carbocycles. The van der Waals surface area contributed by atoms with Gasteiger partial charge < -0.3 is 4.90 Å². The fourth-order valence-electron chi connectivity index (χ4n) is 3.08. The largest absolute Gasteiger partial charge is 0.333 e. The van der Waals surface area contributed by atoms with Gasteiger partial charge in [-0.1, -0.05) is 29.8 Å². The zero-order chi connectivity index (χ0) is 18.7. The molecular weight excluding hydrogens is 370 g/mol. The van der Waals surface area contributed by atoms with Gasteiger partial charge in [0, 0.05) is 30.1 Å². The summed E-state index contributed by atoms with van der Waals surface area (Å²) in [6.45, 7) is 2.91. The number of hydrogen-bond acceptors (Lipinski definition) is 5. The lowest BCUT2D eigenvalue weighted by Crippen LogP contribution is -2.49. The molecule has 0 saturated carbocycles. The van der Waals surface area contributed by atoms with Gasteiger partial charge in [-0.15, -0.1) is 11.3 Å². The normalized spacial score (nSPS) is 18.1. The molecule has 1 atom stereocenters. The van der Waals surface area contributed by atoms with E-state index in [2.05, 4.69) is 9.71 Å². The first kappa shape index (κ1) is 19.0. The van der Waals surface area contributed by atoms with Gasteiger partial charge in [-0.25, -0.2) is 18.1 Å². The molecule has 1 aliphatic heterocycles. The summed E-state index contributed by atoms with van der Waals surface area (Å²) in [5.74, 6) is -0.125. The van der Waals surface area contributed by atoms with E-state index in [1.54, 1.807) is 10.3 Å². The minimum atomic E-state index is -3.27. The number of aryl methyl sites for hydroxylation is 1. The van der Waals surface area contributed by atoms with Crippen molar-refractivity contribution in [2.24, 2.45) is 0 Å². The van der Waals surface area contributed by atoms with E-state index < -0.39 is 10.0 Å². The standard InChI is InChI=1S/C18H23N3O3S2/c1-13-6-8-14(9-7-13)17-20-16(12-25-17)18(22)21-10-4-3-5-15(21)11-19-26(2,23)24/h6-9,12,15,19H,3-5,10-11H2,1-2H3. The van der Waals surface area contributed by atoms with Crippen molar-refractivity contribution in [3.05, 3.63) is 40.9 Å². The molecule has 8 heteroatoms. The number of rotatable bonds is 5. The van der Waals surface area contributed by atoms with Crippen molar-refractivity contribution in [2.45, 2.75) is 32.2 Å². The van der Waals surface area contributed by atoms with Crippen molar-refractivity contribution in [1.82, 2.24) is 14.6 Å². The number of nitrogens with one attached hydrogen (secondary N) is 1. The molecule has 1 N–H and O–H groups in total. The van der Waals surface area contributed by atoms with E-state index >= 15 is 0 Å². The monoisotopic (exact) mass is 393 g/mol. The van der Waals surface area contributed by atoms with Crippen LogP contribution >= 0.6 is 11.3 Å². The molecule has 1 unspecified atom stereocenters. The predicted molar refractivity (Wildman–Crippen MR) is 104 cm³/mol. The Morgan fingerprint density at radius 1 is 1.31 bits per heavy atom. The molecule has 0 radical (unpaired) electrons. The fourth-order valence-corrected chi connectivity index (χ4v) is 4.37. The molecular formula is C18H23N3O3S2. The van der Waals surface area contributed by atoms with E-state index in [9.17, 15) is 13.2 Å². The van der Waals surface area contributed by atoms with Gasteiger partial charge in [-0.05, 0) is 26.2 Å². The summed E-state index contributed by atoms with van der Waals surface area (Å²) in [5.41, 5.74) is 2.60. The summed E-state index contributed by atoms with van der Waals surface area (Å²) in [5, 5.41) is 2.60. The van der Waals surface area contributed by atoms with Crippen molar-refractivity contribution < 1.29 is 13.2 Å². The van der Waals surface area contributed by atoms with E-state index in [1.807, 2.05) is 31.2 Å². The highest BCUT2D eigenvalue weighted by Gasteiger charge is 2.29. The van der Waals surface area contributed by atoms with Crippen LogP contribution in [0.1, 0.15) is 35.3 Å². The Balaban J connectivity index is 1.75. The number of carbonyl (C=O) groups is 1. The first-order valence-corrected chi connectivity index (χ1v) is 11.4. The molecule has 26 heavy (non-hydrogen) atoms. The van der Waals surface area contributed by atoms with E-state index in [4.69, 9.17) is 0 Å². The third kappa shape index (κ3) is 4.69. The summed E-state index contributed by atoms with van der Waals surface area (Å²) in [7, 11) is -3.27. The summed E-state index contributed by atoms with van der Waals surface area (Å²) in [6, 6.07) is 7.92. The quantitative estimate of drug-likeness (QED) is 0.847. The SMILES string of the molecule is Cc1ccc(-c2nc(C(=O)N3CCCCC3CNS(C)(=O)=O)cs2)cc1. The number of likely N-dealkylation sites (tertiary alicyclic amines) is 1. The Bertz CT molecular complexity index is 875. The van der Waals surface area contributed by atoms with Crippen molar-refractivity contribution in [1.29, 1.82) is 0 Å². The van der Waals surface area contributed by atoms with Crippen molar-refractivity contribution >= 4 is 27.3 Å². The van der Waals surface area contributed by atoms with Gasteiger partial charge in [0.05, 0.1) is 6.26 Å². The van der Waals surface area contributed by atoms with Crippen LogP contribution in [0.5, 0.6) is 0 Å². The molecule has 1 amide bonds. The average molecular weight is 394 g/mol. The zero-order valence-corrected chi connectivity index (χ0v) is 16.6. The minimum Gasteiger partial charge on any atom is -0.333 e. The smallest absolute Gasteiger partial charge is 0.273 e. The summed E-state index contributed by atoms with van der Waals surface area (Å²) in [6.07, 6.45) is 3.85. The first-order chi connectivity index (χ1) is 12.3. The lowest BCUT2D eigenvalue weighted by molar-refractivity contribution is 0.0613. The Morgan fingerprint density at radius 2 is 2.04 bits per heavy atom. The van der Waals surface area contributed by atoms with Crippen LogP contribution in [0, 0.1) is 6.92 Å². The van der Waals surface area contributed by atoms with Crippen LogP contribution in [-0.4, -0.2) is 49.6 Å². The summed E-state index contributed by atoms with van der Waals surface area (Å²) >= 11 is 1.45. The molecule has 2 heterocycles. The molecule has 1 aromatic carbocycles. The van der Waals surface area contributed by atoms with Crippen LogP contribution < -0.4 is 4.72 Å². The summed E-state index contributed by atoms with van der Waals surface area (Å²) in [4.78, 5) is 19.2. The van der Waals surface area contributed by atoms with Crippen LogP contribution in [0.3, 0.4) is 0 Å². The van der Waals surface area contributed by atoms with Crippen molar-refractivity contribution in [3.63, 3.8) is 0 Å². The van der Waals surface area contributed by atoms with E-state index in [-0.39, 0.29) is 18.5 Å². The Kier molecular flexibility index (Phi) is 5.74. The van der Waals surface area contributed by atoms with Gasteiger partial charge in [0.1, 0.15) is 10.7 Å². The van der Waals surface area contributed by atoms with Gasteiger partial charge in [0.2, 0.25) is 10.0 Å². The molecule has 3 rings (SSSR count). The highest BCUT2D eigenvalue weighted by atomic mass is 32.2. The van der Waals surface area contributed by atoms with Gasteiger partial charge in [-0.2, -0.15) is 0 Å². The number of piperidine rings is 1. The maximum atomic E-state index is 12.9. The lowest BCUT2D eigenvalue weighted by Gasteiger charge is -2.35. The first-order valence-electron chi connectivity index (χ1n) is 8.61. The highest BCUT2D eigenvalue weighted by molar-refractivity contribution is 7.88. The topological polar surface area (TPSA) is 79.4 Å². The number of benzene rings is 1. The van der Waals surface area contributed by atoms with E-state index in [1.165, 1.54) is 16.9 Å². The van der Waals surface area contributed by atoms with Gasteiger partial charge in [0.25, 0.3) is 5.91 Å². The Hall–Kier alpha value is -1.77. The second-order valence-corrected chi connectivity index (χ2v) is 9.36. The molecule has 1 fully saturated rings. The third-order valence-electron chi connectivity index (χ3n) is 4.49. The number of nitrogens with zero attached hydrogens (tertiary/aromatic N) is 2. The number of thiazole rings is 1. The maximum absolute atomic E-state index is 12.9. The van der Waals surface area contributed by atoms with Gasteiger partial charge in [-0.3, -0.25) is 4.79 Å². The van der Waals surface area contributed by atoms with Crippen LogP contribution in [0.4, 0.5) is 0 Å². The van der Waals surface area contributed by atoms with E-state index in [0.29, 0.717) is 12.2 Å². The highest BCUT2D eigenvalue weighted by Crippen LogP contribution is 2.26. The number of amides is 1. The van der Waals surface area contributed by atoms with Crippen LogP contribution in [0.2, 0.25) is 0 Å². The lowest BCUT2D eigenvalue weighted by atomic mass is 10.0. The molecule has 0 bridgehead atoms. The molecule has 1 aliphatic rings. The maximum Gasteiger partial charge on any atom is 0.273 e. The Labute approximate surface area is 158 Å². The fraction of sp³-hybridized carbons (Fsp3) is 0.444. The molecule has 1 saturated heterocycles.